The number of aryl methyl sites for hydroxylation is 1. The van der Waals surface area contributed by atoms with Crippen LogP contribution in [0.15, 0.2) is 29.0 Å². The third-order valence-corrected chi connectivity index (χ3v) is 3.99. The number of aromatic nitrogens is 6. The number of hydrogen-bond acceptors (Lipinski definition) is 8. The van der Waals surface area contributed by atoms with Crippen molar-refractivity contribution >= 4 is 27.9 Å². The molecule has 0 radical (unpaired) electrons. The van der Waals surface area contributed by atoms with Crippen molar-refractivity contribution in [2.45, 2.75) is 13.2 Å². The summed E-state index contributed by atoms with van der Waals surface area (Å²) >= 11 is 0. The molecule has 0 fully saturated rings. The average Bonchev–Trinajstić information content (AvgIpc) is 3.21. The molecule has 9 heteroatoms. The summed E-state index contributed by atoms with van der Waals surface area (Å²) in [5.41, 5.74) is 3.33. The highest BCUT2D eigenvalue weighted by atomic mass is 16.6. The first-order valence-corrected chi connectivity index (χ1v) is 7.75. The lowest BCUT2D eigenvalue weighted by Crippen LogP contribution is -2.19. The first kappa shape index (κ1) is 15.5. The predicted octanol–water partition coefficient (Wildman–Crippen LogP) is 1.68. The molecular formula is C16H17N7O2. The summed E-state index contributed by atoms with van der Waals surface area (Å²) in [4.78, 5) is 11.2. The molecule has 0 saturated heterocycles. The van der Waals surface area contributed by atoms with E-state index in [1.54, 1.807) is 18.0 Å². The molecule has 0 unspecified atom stereocenters. The van der Waals surface area contributed by atoms with Crippen LogP contribution in [0.5, 0.6) is 0 Å². The van der Waals surface area contributed by atoms with Crippen LogP contribution in [0.4, 0.5) is 5.82 Å². The number of ether oxygens (including phenoxy) is 1. The van der Waals surface area contributed by atoms with Crippen LogP contribution in [-0.4, -0.2) is 44.2 Å². The van der Waals surface area contributed by atoms with Gasteiger partial charge in [-0.15, -0.1) is 0 Å². The molecule has 0 saturated carbocycles. The second kappa shape index (κ2) is 6.10. The molecule has 1 aromatic carbocycles. The van der Waals surface area contributed by atoms with E-state index >= 15 is 0 Å². The van der Waals surface area contributed by atoms with Gasteiger partial charge < -0.3 is 9.64 Å². The highest BCUT2D eigenvalue weighted by molar-refractivity contribution is 5.87. The minimum atomic E-state index is 0.346. The lowest BCUT2D eigenvalue weighted by Gasteiger charge is -2.19. The Morgan fingerprint density at radius 2 is 2.04 bits per heavy atom. The molecule has 3 heterocycles. The van der Waals surface area contributed by atoms with E-state index in [0.29, 0.717) is 19.0 Å². The largest absolute Gasteiger partial charge is 0.377 e. The van der Waals surface area contributed by atoms with Crippen molar-refractivity contribution in [3.63, 3.8) is 0 Å². The zero-order chi connectivity index (χ0) is 17.4. The molecule has 25 heavy (non-hydrogen) atoms. The van der Waals surface area contributed by atoms with Gasteiger partial charge in [-0.25, -0.2) is 14.6 Å². The summed E-state index contributed by atoms with van der Waals surface area (Å²) in [5, 5.41) is 12.9. The summed E-state index contributed by atoms with van der Waals surface area (Å²) in [6, 6.07) is 5.85. The van der Waals surface area contributed by atoms with Crippen LogP contribution in [0.2, 0.25) is 0 Å². The fourth-order valence-corrected chi connectivity index (χ4v) is 2.81. The first-order valence-electron chi connectivity index (χ1n) is 7.75. The van der Waals surface area contributed by atoms with Crippen molar-refractivity contribution < 1.29 is 9.37 Å². The van der Waals surface area contributed by atoms with Crippen molar-refractivity contribution in [2.75, 3.05) is 19.1 Å². The average molecular weight is 339 g/mol. The lowest BCUT2D eigenvalue weighted by atomic mass is 10.2. The number of benzene rings is 1. The molecule has 4 rings (SSSR count). The third kappa shape index (κ3) is 2.78. The third-order valence-electron chi connectivity index (χ3n) is 3.99. The molecule has 0 aliphatic rings. The monoisotopic (exact) mass is 339 g/mol. The predicted molar refractivity (Wildman–Crippen MR) is 90.9 cm³/mol. The molecule has 0 spiro atoms. The van der Waals surface area contributed by atoms with Gasteiger partial charge in [0, 0.05) is 27.7 Å². The zero-order valence-electron chi connectivity index (χ0n) is 14.2. The lowest BCUT2D eigenvalue weighted by molar-refractivity contribution is 0.178. The smallest absolute Gasteiger partial charge is 0.163 e. The van der Waals surface area contributed by atoms with Gasteiger partial charge in [-0.1, -0.05) is 6.07 Å². The van der Waals surface area contributed by atoms with Crippen molar-refractivity contribution in [1.29, 1.82) is 0 Å². The summed E-state index contributed by atoms with van der Waals surface area (Å²) in [7, 11) is 5.47. The number of nitrogens with zero attached hydrogens (tertiary/aromatic N) is 7. The normalized spacial score (nSPS) is 11.5. The summed E-state index contributed by atoms with van der Waals surface area (Å²) in [6.45, 7) is 0.995. The van der Waals surface area contributed by atoms with Crippen LogP contribution >= 0.6 is 0 Å². The number of hydrogen-bond donors (Lipinski definition) is 0. The maximum absolute atomic E-state index is 5.19. The number of fused-ring (bicyclic) bond motifs is 2. The molecule has 9 nitrogen and oxygen atoms in total. The van der Waals surface area contributed by atoms with E-state index in [2.05, 4.69) is 30.3 Å². The molecule has 0 amide bonds. The maximum Gasteiger partial charge on any atom is 0.163 e. The van der Waals surface area contributed by atoms with Crippen molar-refractivity contribution in [1.82, 2.24) is 30.1 Å². The van der Waals surface area contributed by atoms with E-state index in [0.717, 1.165) is 33.4 Å². The zero-order valence-corrected chi connectivity index (χ0v) is 14.2. The molecule has 4 aromatic rings. The SMILES string of the molecule is COCc1nc(N(C)Cc2ccc3nonc3c2)c2cnn(C)c2n1. The van der Waals surface area contributed by atoms with Gasteiger partial charge in [-0.3, -0.25) is 4.68 Å². The van der Waals surface area contributed by atoms with E-state index in [1.807, 2.05) is 32.3 Å². The van der Waals surface area contributed by atoms with Gasteiger partial charge in [0.15, 0.2) is 11.5 Å². The molecule has 0 atom stereocenters. The number of anilines is 1. The summed E-state index contributed by atoms with van der Waals surface area (Å²) in [5.74, 6) is 1.43. The Morgan fingerprint density at radius 3 is 2.88 bits per heavy atom. The van der Waals surface area contributed by atoms with Gasteiger partial charge in [0.25, 0.3) is 0 Å². The summed E-state index contributed by atoms with van der Waals surface area (Å²) in [6.07, 6.45) is 1.78. The Bertz CT molecular complexity index is 1040. The molecule has 3 aromatic heterocycles. The second-order valence-corrected chi connectivity index (χ2v) is 5.85. The van der Waals surface area contributed by atoms with Crippen LogP contribution in [0, 0.1) is 0 Å². The van der Waals surface area contributed by atoms with E-state index in [1.165, 1.54) is 0 Å². The quantitative estimate of drug-likeness (QED) is 0.542. The fourth-order valence-electron chi connectivity index (χ4n) is 2.81. The molecular weight excluding hydrogens is 322 g/mol. The Hall–Kier alpha value is -3.07. The van der Waals surface area contributed by atoms with Gasteiger partial charge in [0.05, 0.1) is 11.6 Å². The Morgan fingerprint density at radius 1 is 1.20 bits per heavy atom. The van der Waals surface area contributed by atoms with Crippen molar-refractivity contribution in [3.05, 3.63) is 35.8 Å². The minimum Gasteiger partial charge on any atom is -0.377 e. The van der Waals surface area contributed by atoms with E-state index < -0.39 is 0 Å². The van der Waals surface area contributed by atoms with Gasteiger partial charge >= 0.3 is 0 Å². The summed E-state index contributed by atoms with van der Waals surface area (Å²) < 4.78 is 11.7. The minimum absolute atomic E-state index is 0.346. The van der Waals surface area contributed by atoms with Crippen LogP contribution in [0.3, 0.4) is 0 Å². The second-order valence-electron chi connectivity index (χ2n) is 5.85. The highest BCUT2D eigenvalue weighted by Gasteiger charge is 2.15. The van der Waals surface area contributed by atoms with Crippen molar-refractivity contribution in [2.24, 2.45) is 7.05 Å². The highest BCUT2D eigenvalue weighted by Crippen LogP contribution is 2.24. The van der Waals surface area contributed by atoms with E-state index in [4.69, 9.17) is 9.37 Å². The Balaban J connectivity index is 1.71. The molecule has 0 aliphatic heterocycles. The van der Waals surface area contributed by atoms with Crippen LogP contribution < -0.4 is 4.90 Å². The number of rotatable bonds is 5. The van der Waals surface area contributed by atoms with Crippen LogP contribution in [0.25, 0.3) is 22.1 Å². The fraction of sp³-hybridized carbons (Fsp3) is 0.312. The number of methoxy groups -OCH3 is 1. The van der Waals surface area contributed by atoms with Gasteiger partial charge in [-0.05, 0) is 28.0 Å². The first-order chi connectivity index (χ1) is 12.2. The standard InChI is InChI=1S/C16H17N7O2/c1-22(8-10-4-5-12-13(6-10)21-25-20-12)15-11-7-17-23(2)16(11)19-14(18-15)9-24-3/h4-7H,8-9H2,1-3H3. The molecule has 0 aliphatic carbocycles. The van der Waals surface area contributed by atoms with Gasteiger partial charge in [0.2, 0.25) is 0 Å². The van der Waals surface area contributed by atoms with Gasteiger partial charge in [-0.2, -0.15) is 5.10 Å². The Labute approximate surface area is 143 Å². The molecule has 0 N–H and O–H groups in total. The van der Waals surface area contributed by atoms with E-state index in [9.17, 15) is 0 Å². The van der Waals surface area contributed by atoms with E-state index in [-0.39, 0.29) is 0 Å². The molecule has 128 valence electrons. The van der Waals surface area contributed by atoms with Crippen LogP contribution in [0.1, 0.15) is 11.4 Å². The van der Waals surface area contributed by atoms with Gasteiger partial charge in [0.1, 0.15) is 23.5 Å². The van der Waals surface area contributed by atoms with Crippen molar-refractivity contribution in [3.8, 4) is 0 Å². The molecule has 0 bridgehead atoms. The Kier molecular flexibility index (Phi) is 3.77. The topological polar surface area (TPSA) is 95.0 Å². The van der Waals surface area contributed by atoms with Crippen LogP contribution in [-0.2, 0) is 24.9 Å². The maximum atomic E-state index is 5.19.